The SMILES string of the molecule is C.CCn1ncc2c(NC3CCN(C(N)=O)CC3)c(C(N)=O)cnc21. The summed E-state index contributed by atoms with van der Waals surface area (Å²) in [5, 5.41) is 8.46. The Morgan fingerprint density at radius 1 is 1.28 bits per heavy atom. The second-order valence-corrected chi connectivity index (χ2v) is 5.85. The third kappa shape index (κ3) is 3.49. The highest BCUT2D eigenvalue weighted by molar-refractivity contribution is 6.05. The van der Waals surface area contributed by atoms with Gasteiger partial charge in [0.25, 0.3) is 5.91 Å². The van der Waals surface area contributed by atoms with E-state index < -0.39 is 11.9 Å². The molecule has 5 N–H and O–H groups in total. The molecule has 1 aliphatic rings. The minimum absolute atomic E-state index is 0. The number of fused-ring (bicyclic) bond motifs is 1. The highest BCUT2D eigenvalue weighted by Crippen LogP contribution is 2.28. The van der Waals surface area contributed by atoms with E-state index in [1.807, 2.05) is 6.92 Å². The zero-order valence-corrected chi connectivity index (χ0v) is 13.5. The number of hydrogen-bond donors (Lipinski definition) is 3. The number of urea groups is 1. The van der Waals surface area contributed by atoms with E-state index in [1.54, 1.807) is 15.8 Å². The number of piperidine rings is 1. The van der Waals surface area contributed by atoms with Crippen LogP contribution in [0.2, 0.25) is 0 Å². The molecular weight excluding hydrogens is 322 g/mol. The number of nitrogens with two attached hydrogens (primary N) is 2. The molecule has 9 nitrogen and oxygen atoms in total. The monoisotopic (exact) mass is 347 g/mol. The maximum absolute atomic E-state index is 11.8. The lowest BCUT2D eigenvalue weighted by molar-refractivity contribution is 0.100. The molecule has 0 aromatic carbocycles. The fraction of sp³-hybridized carbons (Fsp3) is 0.500. The molecule has 0 unspecified atom stereocenters. The molecule has 3 rings (SSSR count). The normalized spacial score (nSPS) is 15.0. The van der Waals surface area contributed by atoms with Gasteiger partial charge in [0.2, 0.25) is 0 Å². The molecular formula is C16H25N7O2. The average molecular weight is 347 g/mol. The van der Waals surface area contributed by atoms with Crippen LogP contribution in [0.15, 0.2) is 12.4 Å². The molecule has 1 saturated heterocycles. The number of primary amides is 2. The zero-order valence-electron chi connectivity index (χ0n) is 13.5. The lowest BCUT2D eigenvalue weighted by atomic mass is 10.0. The van der Waals surface area contributed by atoms with Crippen molar-refractivity contribution in [3.8, 4) is 0 Å². The summed E-state index contributed by atoms with van der Waals surface area (Å²) in [5.41, 5.74) is 12.5. The molecule has 1 fully saturated rings. The quantitative estimate of drug-likeness (QED) is 0.763. The minimum atomic E-state index is -0.536. The molecule has 25 heavy (non-hydrogen) atoms. The first-order valence-corrected chi connectivity index (χ1v) is 7.96. The summed E-state index contributed by atoms with van der Waals surface area (Å²) < 4.78 is 1.76. The molecule has 3 amide bonds. The van der Waals surface area contributed by atoms with E-state index in [4.69, 9.17) is 11.5 Å². The van der Waals surface area contributed by atoms with Crippen molar-refractivity contribution < 1.29 is 9.59 Å². The Kier molecular flexibility index (Phi) is 5.45. The van der Waals surface area contributed by atoms with Crippen LogP contribution in [0.3, 0.4) is 0 Å². The molecule has 2 aromatic heterocycles. The van der Waals surface area contributed by atoms with Crippen molar-refractivity contribution in [1.29, 1.82) is 0 Å². The lowest BCUT2D eigenvalue weighted by Gasteiger charge is -2.32. The van der Waals surface area contributed by atoms with Crippen LogP contribution in [-0.2, 0) is 6.54 Å². The van der Waals surface area contributed by atoms with Gasteiger partial charge in [-0.25, -0.2) is 14.5 Å². The van der Waals surface area contributed by atoms with Crippen LogP contribution in [0.4, 0.5) is 10.5 Å². The van der Waals surface area contributed by atoms with Crippen LogP contribution >= 0.6 is 0 Å². The van der Waals surface area contributed by atoms with Crippen LogP contribution in [0.25, 0.3) is 11.0 Å². The number of carbonyl (C=O) groups is 2. The molecule has 0 bridgehead atoms. The number of amides is 3. The number of hydrogen-bond acceptors (Lipinski definition) is 5. The predicted octanol–water partition coefficient (Wildman–Crippen LogP) is 1.14. The van der Waals surface area contributed by atoms with E-state index in [2.05, 4.69) is 15.4 Å². The van der Waals surface area contributed by atoms with Crippen molar-refractivity contribution in [2.24, 2.45) is 11.5 Å². The van der Waals surface area contributed by atoms with Crippen LogP contribution < -0.4 is 16.8 Å². The summed E-state index contributed by atoms with van der Waals surface area (Å²) in [6, 6.07) is -0.281. The summed E-state index contributed by atoms with van der Waals surface area (Å²) in [6.07, 6.45) is 4.66. The summed E-state index contributed by atoms with van der Waals surface area (Å²) in [4.78, 5) is 28.9. The molecule has 0 atom stereocenters. The molecule has 0 radical (unpaired) electrons. The smallest absolute Gasteiger partial charge is 0.314 e. The van der Waals surface area contributed by atoms with Gasteiger partial charge in [0.15, 0.2) is 5.65 Å². The Balaban J connectivity index is 0.00000225. The van der Waals surface area contributed by atoms with Gasteiger partial charge < -0.3 is 21.7 Å². The zero-order chi connectivity index (χ0) is 17.3. The van der Waals surface area contributed by atoms with Crippen LogP contribution in [0.1, 0.15) is 37.6 Å². The van der Waals surface area contributed by atoms with Gasteiger partial charge >= 0.3 is 6.03 Å². The van der Waals surface area contributed by atoms with Gasteiger partial charge in [0.05, 0.1) is 22.8 Å². The average Bonchev–Trinajstić information content (AvgIpc) is 2.99. The van der Waals surface area contributed by atoms with E-state index in [1.165, 1.54) is 6.20 Å². The Bertz CT molecular complexity index is 778. The Hall–Kier alpha value is -2.84. The Morgan fingerprint density at radius 3 is 2.52 bits per heavy atom. The van der Waals surface area contributed by atoms with Gasteiger partial charge in [-0.3, -0.25) is 4.79 Å². The summed E-state index contributed by atoms with van der Waals surface area (Å²) in [5.74, 6) is -0.536. The first-order valence-electron chi connectivity index (χ1n) is 7.96. The largest absolute Gasteiger partial charge is 0.381 e. The third-order valence-corrected chi connectivity index (χ3v) is 4.39. The maximum atomic E-state index is 11.8. The standard InChI is InChI=1S/C15H21N7O2.CH4/c1-2-22-14-11(8-19-22)12(10(7-18-14)13(16)23)20-9-3-5-21(6-4-9)15(17)24;/h7-9H,2-6H2,1H3,(H2,16,23)(H2,17,24)(H,18,20);1H4. The number of aromatic nitrogens is 3. The van der Waals surface area contributed by atoms with Gasteiger partial charge in [-0.2, -0.15) is 5.10 Å². The molecule has 3 heterocycles. The predicted molar refractivity (Wildman–Crippen MR) is 96.3 cm³/mol. The Labute approximate surface area is 146 Å². The lowest BCUT2D eigenvalue weighted by Crippen LogP contribution is -2.44. The molecule has 1 aliphatic heterocycles. The van der Waals surface area contributed by atoms with E-state index in [-0.39, 0.29) is 13.5 Å². The number of carbonyl (C=O) groups excluding carboxylic acids is 2. The number of likely N-dealkylation sites (tertiary alicyclic amines) is 1. The number of nitrogens with one attached hydrogen (secondary N) is 1. The molecule has 9 heteroatoms. The van der Waals surface area contributed by atoms with E-state index in [0.717, 1.165) is 18.2 Å². The molecule has 0 saturated carbocycles. The second-order valence-electron chi connectivity index (χ2n) is 5.85. The van der Waals surface area contributed by atoms with Crippen molar-refractivity contribution in [2.75, 3.05) is 18.4 Å². The number of pyridine rings is 1. The topological polar surface area (TPSA) is 132 Å². The summed E-state index contributed by atoms with van der Waals surface area (Å²) in [6.45, 7) is 3.83. The van der Waals surface area contributed by atoms with Gasteiger partial charge in [-0.15, -0.1) is 0 Å². The molecule has 136 valence electrons. The van der Waals surface area contributed by atoms with Crippen molar-refractivity contribution in [1.82, 2.24) is 19.7 Å². The first kappa shape index (κ1) is 18.5. The third-order valence-electron chi connectivity index (χ3n) is 4.39. The number of anilines is 1. The minimum Gasteiger partial charge on any atom is -0.381 e. The number of nitrogens with zero attached hydrogens (tertiary/aromatic N) is 4. The van der Waals surface area contributed by atoms with Gasteiger partial charge in [0, 0.05) is 31.9 Å². The highest BCUT2D eigenvalue weighted by atomic mass is 16.2. The van der Waals surface area contributed by atoms with Crippen molar-refractivity contribution in [3.63, 3.8) is 0 Å². The van der Waals surface area contributed by atoms with Crippen molar-refractivity contribution in [3.05, 3.63) is 18.0 Å². The molecule has 0 aliphatic carbocycles. The van der Waals surface area contributed by atoms with Crippen molar-refractivity contribution >= 4 is 28.7 Å². The van der Waals surface area contributed by atoms with E-state index >= 15 is 0 Å². The second kappa shape index (κ2) is 7.37. The Morgan fingerprint density at radius 2 is 1.96 bits per heavy atom. The van der Waals surface area contributed by atoms with Crippen molar-refractivity contribution in [2.45, 2.75) is 39.8 Å². The van der Waals surface area contributed by atoms with Gasteiger partial charge in [-0.1, -0.05) is 7.43 Å². The fourth-order valence-corrected chi connectivity index (χ4v) is 3.05. The number of aryl methyl sites for hydroxylation is 1. The van der Waals surface area contributed by atoms with Crippen LogP contribution in [-0.4, -0.2) is 50.7 Å². The van der Waals surface area contributed by atoms with Gasteiger partial charge in [-0.05, 0) is 19.8 Å². The fourth-order valence-electron chi connectivity index (χ4n) is 3.05. The number of rotatable bonds is 4. The summed E-state index contributed by atoms with van der Waals surface area (Å²) in [7, 11) is 0. The van der Waals surface area contributed by atoms with Gasteiger partial charge in [0.1, 0.15) is 0 Å². The first-order chi connectivity index (χ1) is 11.5. The maximum Gasteiger partial charge on any atom is 0.314 e. The van der Waals surface area contributed by atoms with E-state index in [0.29, 0.717) is 36.5 Å². The molecule has 0 spiro atoms. The molecule has 2 aromatic rings. The van der Waals surface area contributed by atoms with Crippen LogP contribution in [0, 0.1) is 0 Å². The van der Waals surface area contributed by atoms with Crippen LogP contribution in [0.5, 0.6) is 0 Å². The highest BCUT2D eigenvalue weighted by Gasteiger charge is 2.24. The van der Waals surface area contributed by atoms with E-state index in [9.17, 15) is 9.59 Å². The summed E-state index contributed by atoms with van der Waals surface area (Å²) >= 11 is 0.